The average Bonchev–Trinajstić information content (AvgIpc) is 1.58. The standard InChI is InChI=1S/C101H96N2/c1-3-75-43-47-77(48-44-75)29-13-6-5-7-27-70-101(87-37-21-11-22-38-87)96-41-25-23-39-92(96)94-68-67-91(74-99(94)101)103(89-63-57-84(58-64-89)81-33-17-9-18-34-81)90-65-59-85(60-66-90)82-53-51-79(52-54-82)73-98-95(69-72-102-88-61-55-83(56-62-88)80-31-15-8-16-32-80)93-40-24-26-42-97(93)100(98,86-35-19-10-20-36-86)71-28-12-14-30-78-49-45-76(4-2)46-50-78/h4,8-11,15-17,19,21-22,24-26,31-33,35,37-38,40-69,72-74H,2-3,5-7,12-14,18,20,23,27-30,34,36,39,70-71H2,1H3/b95-69-,98-73+,102-72?. The molecule has 0 aromatic heterocycles. The molecule has 0 amide bonds. The van der Waals surface area contributed by atoms with E-state index in [0.717, 1.165) is 107 Å². The van der Waals surface area contributed by atoms with Crippen LogP contribution >= 0.6 is 0 Å². The van der Waals surface area contributed by atoms with Crippen LogP contribution < -0.4 is 4.90 Å². The minimum Gasteiger partial charge on any atom is -0.310 e. The van der Waals surface area contributed by atoms with Crippen molar-refractivity contribution in [1.29, 1.82) is 0 Å². The molecule has 0 spiro atoms. The summed E-state index contributed by atoms with van der Waals surface area (Å²) in [6.45, 7) is 6.23. The maximum absolute atomic E-state index is 5.13. The smallest absolute Gasteiger partial charge is 0.0630 e. The van der Waals surface area contributed by atoms with Crippen LogP contribution in [0.2, 0.25) is 0 Å². The normalized spacial score (nSPS) is 18.1. The number of aryl methyl sites for hydroxylation is 3. The summed E-state index contributed by atoms with van der Waals surface area (Å²) in [5.74, 6) is 0. The van der Waals surface area contributed by atoms with Crippen LogP contribution in [0.15, 0.2) is 332 Å². The summed E-state index contributed by atoms with van der Waals surface area (Å²) in [4.78, 5) is 7.64. The van der Waals surface area contributed by atoms with Gasteiger partial charge in [-0.05, 0) is 255 Å². The number of aliphatic imine (C=N–C) groups is 1. The molecule has 15 rings (SSSR count). The molecule has 10 aromatic carbocycles. The van der Waals surface area contributed by atoms with Gasteiger partial charge in [-0.15, -0.1) is 0 Å². The summed E-state index contributed by atoms with van der Waals surface area (Å²) >= 11 is 0. The Morgan fingerprint density at radius 3 is 1.67 bits per heavy atom. The van der Waals surface area contributed by atoms with Gasteiger partial charge < -0.3 is 4.90 Å². The molecule has 5 aliphatic carbocycles. The molecule has 0 bridgehead atoms. The van der Waals surface area contributed by atoms with Gasteiger partial charge in [-0.25, -0.2) is 0 Å². The van der Waals surface area contributed by atoms with E-state index in [1.165, 1.54) is 155 Å². The van der Waals surface area contributed by atoms with E-state index in [1.54, 1.807) is 0 Å². The molecule has 0 fully saturated rings. The summed E-state index contributed by atoms with van der Waals surface area (Å²) < 4.78 is 0. The minimum atomic E-state index is -0.314. The van der Waals surface area contributed by atoms with Crippen molar-refractivity contribution in [1.82, 2.24) is 0 Å². The SMILES string of the molecule is C=Cc1ccc(CCCCCC2(C3=CC=CCC3)C(=C/c3ccc(-c4ccc(N(c5ccc(C6=CC=CCC6)cc5)c5ccc6c(c5)C(CCCCCCCc5ccc(CC)cc5)(c5ccccc5)C5=C6CCC=C5)cc4)cc3)/C(=C\C=Nc3ccc(-c4ccccc4)cc3)c3ccccc32)cc1. The van der Waals surface area contributed by atoms with Gasteiger partial charge in [-0.3, -0.25) is 4.99 Å². The zero-order valence-electron chi connectivity index (χ0n) is 60.1. The van der Waals surface area contributed by atoms with Crippen molar-refractivity contribution in [2.75, 3.05) is 4.90 Å². The highest BCUT2D eigenvalue weighted by Crippen LogP contribution is 2.60. The van der Waals surface area contributed by atoms with Crippen molar-refractivity contribution in [3.8, 4) is 22.3 Å². The van der Waals surface area contributed by atoms with Crippen LogP contribution in [0.5, 0.6) is 0 Å². The van der Waals surface area contributed by atoms with Gasteiger partial charge in [-0.1, -0.05) is 312 Å². The number of allylic oxidation sites excluding steroid dienone is 15. The van der Waals surface area contributed by atoms with Gasteiger partial charge in [-0.2, -0.15) is 0 Å². The molecule has 10 aromatic rings. The molecule has 5 aliphatic rings. The Morgan fingerprint density at radius 2 is 1.00 bits per heavy atom. The first kappa shape index (κ1) is 68.1. The van der Waals surface area contributed by atoms with E-state index in [-0.39, 0.29) is 10.8 Å². The first-order valence-electron chi connectivity index (χ1n) is 38.4. The topological polar surface area (TPSA) is 15.6 Å². The Kier molecular flexibility index (Phi) is 21.2. The van der Waals surface area contributed by atoms with Crippen LogP contribution in [-0.2, 0) is 30.1 Å². The van der Waals surface area contributed by atoms with Gasteiger partial charge in [0.25, 0.3) is 0 Å². The maximum atomic E-state index is 5.13. The lowest BCUT2D eigenvalue weighted by Crippen LogP contribution is -2.29. The number of nitrogens with zero attached hydrogens (tertiary/aromatic N) is 2. The molecule has 0 saturated heterocycles. The summed E-state index contributed by atoms with van der Waals surface area (Å²) in [5, 5.41) is 0. The van der Waals surface area contributed by atoms with Gasteiger partial charge in [0.05, 0.1) is 5.69 Å². The number of anilines is 3. The first-order chi connectivity index (χ1) is 50.9. The Balaban J connectivity index is 0.754. The molecule has 103 heavy (non-hydrogen) atoms. The lowest BCUT2D eigenvalue weighted by atomic mass is 9.66. The number of hydrogen-bond donors (Lipinski definition) is 0. The van der Waals surface area contributed by atoms with E-state index in [9.17, 15) is 0 Å². The van der Waals surface area contributed by atoms with Crippen LogP contribution in [-0.4, -0.2) is 6.21 Å². The number of fused-ring (bicyclic) bond motifs is 3. The molecule has 0 radical (unpaired) electrons. The molecule has 2 nitrogen and oxygen atoms in total. The molecular weight excluding hydrogens is 1240 g/mol. The fourth-order valence-electron chi connectivity index (χ4n) is 17.3. The highest BCUT2D eigenvalue weighted by atomic mass is 15.1. The predicted octanol–water partition coefficient (Wildman–Crippen LogP) is 27.6. The van der Waals surface area contributed by atoms with Gasteiger partial charge in [0.1, 0.15) is 0 Å². The van der Waals surface area contributed by atoms with E-state index >= 15 is 0 Å². The molecule has 2 heteroatoms. The lowest BCUT2D eigenvalue weighted by molar-refractivity contribution is 0.497. The number of unbranched alkanes of at least 4 members (excludes halogenated alkanes) is 6. The monoisotopic (exact) mass is 1340 g/mol. The van der Waals surface area contributed by atoms with Gasteiger partial charge in [0.15, 0.2) is 0 Å². The number of hydrogen-bond acceptors (Lipinski definition) is 2. The third kappa shape index (κ3) is 14.7. The van der Waals surface area contributed by atoms with Crippen molar-refractivity contribution in [3.63, 3.8) is 0 Å². The summed E-state index contributed by atoms with van der Waals surface area (Å²) in [5.41, 5.74) is 32.0. The lowest BCUT2D eigenvalue weighted by Gasteiger charge is -2.37. The van der Waals surface area contributed by atoms with Crippen LogP contribution in [0.4, 0.5) is 22.7 Å². The Bertz CT molecular complexity index is 4890. The second-order valence-electron chi connectivity index (χ2n) is 28.9. The molecular formula is C101H96N2. The predicted molar refractivity (Wildman–Crippen MR) is 442 cm³/mol. The van der Waals surface area contributed by atoms with E-state index in [4.69, 9.17) is 4.99 Å². The van der Waals surface area contributed by atoms with E-state index < -0.39 is 0 Å². The van der Waals surface area contributed by atoms with E-state index in [0.29, 0.717) is 0 Å². The second-order valence-corrected chi connectivity index (χ2v) is 28.9. The quantitative estimate of drug-likeness (QED) is 0.0370. The van der Waals surface area contributed by atoms with Crippen molar-refractivity contribution in [3.05, 3.63) is 388 Å². The van der Waals surface area contributed by atoms with Crippen molar-refractivity contribution in [2.24, 2.45) is 4.99 Å². The number of rotatable bonds is 27. The van der Waals surface area contributed by atoms with Gasteiger partial charge >= 0.3 is 0 Å². The van der Waals surface area contributed by atoms with Crippen LogP contribution in [0, 0.1) is 0 Å². The van der Waals surface area contributed by atoms with Crippen molar-refractivity contribution < 1.29 is 0 Å². The summed E-state index contributed by atoms with van der Waals surface area (Å²) in [7, 11) is 0. The van der Waals surface area contributed by atoms with Crippen LogP contribution in [0.3, 0.4) is 0 Å². The minimum absolute atomic E-state index is 0.252. The fraction of sp³-hybridized carbons (Fsp3) is 0.218. The first-order valence-corrected chi connectivity index (χ1v) is 38.4. The Hall–Kier alpha value is -10.7. The molecule has 0 saturated carbocycles. The summed E-state index contributed by atoms with van der Waals surface area (Å²) in [6.07, 6.45) is 48.9. The van der Waals surface area contributed by atoms with E-state index in [2.05, 4.69) is 328 Å². The highest BCUT2D eigenvalue weighted by molar-refractivity contribution is 6.02. The maximum Gasteiger partial charge on any atom is 0.0630 e. The molecule has 2 unspecified atom stereocenters. The zero-order valence-corrected chi connectivity index (χ0v) is 60.1. The zero-order chi connectivity index (χ0) is 69.6. The van der Waals surface area contributed by atoms with Gasteiger partial charge in [0, 0.05) is 34.1 Å². The Morgan fingerprint density at radius 1 is 0.447 bits per heavy atom. The highest BCUT2D eigenvalue weighted by Gasteiger charge is 2.48. The Labute approximate surface area is 613 Å². The molecule has 0 N–H and O–H groups in total. The summed E-state index contributed by atoms with van der Waals surface area (Å²) in [6, 6.07) is 93.8. The molecule has 0 heterocycles. The van der Waals surface area contributed by atoms with E-state index in [1.807, 2.05) is 12.3 Å². The average molecular weight is 1340 g/mol. The van der Waals surface area contributed by atoms with Crippen LogP contribution in [0.25, 0.3) is 51.1 Å². The van der Waals surface area contributed by atoms with Gasteiger partial charge in [0.2, 0.25) is 0 Å². The third-order valence-electron chi connectivity index (χ3n) is 22.7. The molecule has 2 atom stereocenters. The largest absolute Gasteiger partial charge is 0.310 e. The van der Waals surface area contributed by atoms with Crippen LogP contribution in [0.1, 0.15) is 171 Å². The van der Waals surface area contributed by atoms with Crippen molar-refractivity contribution in [2.45, 2.75) is 140 Å². The fourth-order valence-corrected chi connectivity index (χ4v) is 17.3. The molecule has 510 valence electrons. The number of benzene rings is 10. The second kappa shape index (κ2) is 32.1. The van der Waals surface area contributed by atoms with Crippen molar-refractivity contribution >= 4 is 57.8 Å². The molecule has 0 aliphatic heterocycles. The third-order valence-corrected chi connectivity index (χ3v) is 22.7.